The molecule has 21 heavy (non-hydrogen) atoms. The Morgan fingerprint density at radius 2 is 1.67 bits per heavy atom. The van der Waals surface area contributed by atoms with Crippen LogP contribution >= 0.6 is 0 Å². The van der Waals surface area contributed by atoms with Gasteiger partial charge in [-0.1, -0.05) is 56.3 Å². The second-order valence-electron chi connectivity index (χ2n) is 5.86. The Hall–Kier alpha value is -2.13. The molecule has 0 aliphatic heterocycles. The summed E-state index contributed by atoms with van der Waals surface area (Å²) in [6.07, 6.45) is 0. The zero-order valence-electron chi connectivity index (χ0n) is 12.5. The molecule has 0 radical (unpaired) electrons. The number of carboxylic acid groups (broad SMARTS) is 1. The van der Waals surface area contributed by atoms with E-state index in [1.165, 1.54) is 5.56 Å². The molecule has 0 aliphatic rings. The van der Waals surface area contributed by atoms with Gasteiger partial charge in [-0.15, -0.1) is 0 Å². The highest BCUT2D eigenvalue weighted by molar-refractivity contribution is 5.87. The van der Waals surface area contributed by atoms with E-state index in [-0.39, 0.29) is 5.41 Å². The quantitative estimate of drug-likeness (QED) is 0.853. The lowest BCUT2D eigenvalue weighted by molar-refractivity contribution is 0.0697. The maximum atomic E-state index is 10.8. The van der Waals surface area contributed by atoms with E-state index in [9.17, 15) is 4.79 Å². The minimum absolute atomic E-state index is 0.0578. The maximum absolute atomic E-state index is 10.8. The van der Waals surface area contributed by atoms with Crippen LogP contribution in [-0.4, -0.2) is 17.6 Å². The van der Waals surface area contributed by atoms with Gasteiger partial charge in [-0.05, 0) is 23.3 Å². The minimum atomic E-state index is -0.889. The molecule has 3 heteroatoms. The molecular weight excluding hydrogens is 262 g/mol. The third-order valence-electron chi connectivity index (χ3n) is 3.65. The molecule has 0 heterocycles. The van der Waals surface area contributed by atoms with Gasteiger partial charge in [0.25, 0.3) is 0 Å². The fraction of sp³-hybridized carbons (Fsp3) is 0.278. The molecule has 0 saturated heterocycles. The van der Waals surface area contributed by atoms with E-state index in [1.54, 1.807) is 12.1 Å². The topological polar surface area (TPSA) is 49.3 Å². The molecule has 0 aromatic heterocycles. The lowest BCUT2D eigenvalue weighted by atomic mass is 9.84. The van der Waals surface area contributed by atoms with Gasteiger partial charge >= 0.3 is 5.97 Å². The number of hydrogen-bond donors (Lipinski definition) is 2. The Morgan fingerprint density at radius 1 is 1.05 bits per heavy atom. The van der Waals surface area contributed by atoms with Crippen molar-refractivity contribution in [1.82, 2.24) is 5.32 Å². The first-order chi connectivity index (χ1) is 9.99. The van der Waals surface area contributed by atoms with Gasteiger partial charge in [-0.3, -0.25) is 0 Å². The summed E-state index contributed by atoms with van der Waals surface area (Å²) in [5, 5.41) is 12.3. The van der Waals surface area contributed by atoms with Crippen LogP contribution in [0.1, 0.15) is 35.3 Å². The summed E-state index contributed by atoms with van der Waals surface area (Å²) in [6, 6.07) is 17.4. The molecule has 110 valence electrons. The first-order valence-corrected chi connectivity index (χ1v) is 7.07. The molecule has 0 bridgehead atoms. The highest BCUT2D eigenvalue weighted by atomic mass is 16.4. The average molecular weight is 283 g/mol. The van der Waals surface area contributed by atoms with Crippen LogP contribution in [0.2, 0.25) is 0 Å². The number of rotatable bonds is 6. The molecule has 2 rings (SSSR count). The van der Waals surface area contributed by atoms with Crippen LogP contribution in [0.25, 0.3) is 0 Å². The van der Waals surface area contributed by atoms with Gasteiger partial charge < -0.3 is 10.4 Å². The van der Waals surface area contributed by atoms with E-state index >= 15 is 0 Å². The maximum Gasteiger partial charge on any atom is 0.335 e. The summed E-state index contributed by atoms with van der Waals surface area (Å²) in [5.74, 6) is -0.889. The van der Waals surface area contributed by atoms with Crippen LogP contribution in [0, 0.1) is 0 Å². The van der Waals surface area contributed by atoms with Gasteiger partial charge in [0.05, 0.1) is 5.56 Å². The Labute approximate surface area is 125 Å². The van der Waals surface area contributed by atoms with Gasteiger partial charge in [0.1, 0.15) is 0 Å². The van der Waals surface area contributed by atoms with Gasteiger partial charge in [0.15, 0.2) is 0 Å². The molecule has 0 spiro atoms. The number of carboxylic acids is 1. The van der Waals surface area contributed by atoms with E-state index in [0.717, 1.165) is 18.7 Å². The van der Waals surface area contributed by atoms with Crippen LogP contribution in [0.4, 0.5) is 0 Å². The predicted octanol–water partition coefficient (Wildman–Crippen LogP) is 3.45. The highest BCUT2D eigenvalue weighted by Gasteiger charge is 2.19. The zero-order chi connectivity index (χ0) is 15.3. The Balaban J connectivity index is 1.90. The average Bonchev–Trinajstić information content (AvgIpc) is 2.48. The summed E-state index contributed by atoms with van der Waals surface area (Å²) >= 11 is 0. The minimum Gasteiger partial charge on any atom is -0.478 e. The van der Waals surface area contributed by atoms with Crippen LogP contribution in [0.3, 0.4) is 0 Å². The SMILES string of the molecule is CC(C)(CNCc1ccc(C(=O)O)cc1)c1ccccc1. The molecule has 0 amide bonds. The third kappa shape index (κ3) is 4.17. The van der Waals surface area contributed by atoms with Crippen molar-refractivity contribution in [1.29, 1.82) is 0 Å². The van der Waals surface area contributed by atoms with Crippen molar-refractivity contribution in [2.75, 3.05) is 6.54 Å². The molecule has 0 fully saturated rings. The van der Waals surface area contributed by atoms with Crippen molar-refractivity contribution in [3.63, 3.8) is 0 Å². The van der Waals surface area contributed by atoms with Crippen molar-refractivity contribution >= 4 is 5.97 Å². The number of carbonyl (C=O) groups is 1. The molecular formula is C18H21NO2. The fourth-order valence-electron chi connectivity index (χ4n) is 2.28. The van der Waals surface area contributed by atoms with Gasteiger partial charge in [0, 0.05) is 18.5 Å². The van der Waals surface area contributed by atoms with Crippen LogP contribution in [0.15, 0.2) is 54.6 Å². The predicted molar refractivity (Wildman–Crippen MR) is 84.6 cm³/mol. The Morgan fingerprint density at radius 3 is 2.24 bits per heavy atom. The monoisotopic (exact) mass is 283 g/mol. The smallest absolute Gasteiger partial charge is 0.335 e. The van der Waals surface area contributed by atoms with Crippen LogP contribution < -0.4 is 5.32 Å². The molecule has 2 N–H and O–H groups in total. The zero-order valence-corrected chi connectivity index (χ0v) is 12.5. The molecule has 0 saturated carbocycles. The number of aromatic carboxylic acids is 1. The molecule has 2 aromatic rings. The van der Waals surface area contributed by atoms with Crippen molar-refractivity contribution in [2.45, 2.75) is 25.8 Å². The first kappa shape index (κ1) is 15.3. The molecule has 0 atom stereocenters. The van der Waals surface area contributed by atoms with E-state index < -0.39 is 5.97 Å². The third-order valence-corrected chi connectivity index (χ3v) is 3.65. The Bertz CT molecular complexity index is 588. The van der Waals surface area contributed by atoms with Gasteiger partial charge in [0.2, 0.25) is 0 Å². The Kier molecular flexibility index (Phi) is 4.76. The van der Waals surface area contributed by atoms with E-state index in [0.29, 0.717) is 5.56 Å². The molecule has 0 aliphatic carbocycles. The lowest BCUT2D eigenvalue weighted by Crippen LogP contribution is -2.32. The van der Waals surface area contributed by atoms with Crippen molar-refractivity contribution < 1.29 is 9.90 Å². The largest absolute Gasteiger partial charge is 0.478 e. The second-order valence-corrected chi connectivity index (χ2v) is 5.86. The lowest BCUT2D eigenvalue weighted by Gasteiger charge is -2.25. The van der Waals surface area contributed by atoms with Crippen LogP contribution in [-0.2, 0) is 12.0 Å². The van der Waals surface area contributed by atoms with Crippen molar-refractivity contribution in [3.8, 4) is 0 Å². The number of benzene rings is 2. The number of hydrogen-bond acceptors (Lipinski definition) is 2. The van der Waals surface area contributed by atoms with Crippen molar-refractivity contribution in [3.05, 3.63) is 71.3 Å². The summed E-state index contributed by atoms with van der Waals surface area (Å²) < 4.78 is 0. The molecule has 3 nitrogen and oxygen atoms in total. The molecule has 0 unspecified atom stereocenters. The summed E-state index contributed by atoms with van der Waals surface area (Å²) in [5.41, 5.74) is 2.77. The van der Waals surface area contributed by atoms with Gasteiger partial charge in [-0.25, -0.2) is 4.79 Å². The highest BCUT2D eigenvalue weighted by Crippen LogP contribution is 2.21. The fourth-order valence-corrected chi connectivity index (χ4v) is 2.28. The van der Waals surface area contributed by atoms with E-state index in [1.807, 2.05) is 18.2 Å². The first-order valence-electron chi connectivity index (χ1n) is 7.07. The summed E-state index contributed by atoms with van der Waals surface area (Å²) in [4.78, 5) is 10.8. The van der Waals surface area contributed by atoms with E-state index in [4.69, 9.17) is 5.11 Å². The summed E-state index contributed by atoms with van der Waals surface area (Å²) in [6.45, 7) is 6.01. The number of nitrogens with one attached hydrogen (secondary N) is 1. The van der Waals surface area contributed by atoms with E-state index in [2.05, 4.69) is 43.4 Å². The van der Waals surface area contributed by atoms with Crippen LogP contribution in [0.5, 0.6) is 0 Å². The normalized spacial score (nSPS) is 11.3. The second kappa shape index (κ2) is 6.55. The van der Waals surface area contributed by atoms with Crippen molar-refractivity contribution in [2.24, 2.45) is 0 Å². The molecule has 2 aromatic carbocycles. The standard InChI is InChI=1S/C18H21NO2/c1-18(2,16-6-4-3-5-7-16)13-19-12-14-8-10-15(11-9-14)17(20)21/h3-11,19H,12-13H2,1-2H3,(H,20,21). The van der Waals surface area contributed by atoms with Gasteiger partial charge in [-0.2, -0.15) is 0 Å². The summed E-state index contributed by atoms with van der Waals surface area (Å²) in [7, 11) is 0.